The molecule has 162 valence electrons. The molecule has 4 rings (SSSR count). The summed E-state index contributed by atoms with van der Waals surface area (Å²) in [5, 5.41) is 3.17. The highest BCUT2D eigenvalue weighted by atomic mass is 19.1. The number of nitrogens with one attached hydrogen (secondary N) is 1. The van der Waals surface area contributed by atoms with E-state index in [9.17, 15) is 14.0 Å². The second kappa shape index (κ2) is 8.67. The number of anilines is 2. The average Bonchev–Trinajstić information content (AvgIpc) is 3.02. The van der Waals surface area contributed by atoms with E-state index in [2.05, 4.69) is 5.32 Å². The van der Waals surface area contributed by atoms with Crippen molar-refractivity contribution in [2.24, 2.45) is 0 Å². The van der Waals surface area contributed by atoms with E-state index < -0.39 is 17.6 Å². The van der Waals surface area contributed by atoms with E-state index in [4.69, 9.17) is 4.74 Å². The van der Waals surface area contributed by atoms with Crippen LogP contribution >= 0.6 is 0 Å². The lowest BCUT2D eigenvalue weighted by Gasteiger charge is -2.16. The molecule has 0 atom stereocenters. The van der Waals surface area contributed by atoms with Gasteiger partial charge in [0.15, 0.2) is 0 Å². The molecule has 5 nitrogen and oxygen atoms in total. The molecule has 6 heteroatoms. The Morgan fingerprint density at radius 2 is 1.59 bits per heavy atom. The topological polar surface area (TPSA) is 58.6 Å². The zero-order valence-corrected chi connectivity index (χ0v) is 18.1. The molecule has 0 unspecified atom stereocenters. The van der Waals surface area contributed by atoms with Gasteiger partial charge in [-0.3, -0.25) is 9.59 Å². The van der Waals surface area contributed by atoms with E-state index >= 15 is 0 Å². The Balaban J connectivity index is 1.79. The van der Waals surface area contributed by atoms with E-state index in [-0.39, 0.29) is 11.3 Å². The standard InChI is InChI=1S/C26H23FN2O3/c1-4-32-21-14-12-20(13-15-21)29-25(30)23(18-8-10-19(27)11-9-18)24(26(29)31)28-22-7-5-6-16(2)17(22)3/h5-15,28H,4H2,1-3H3. The van der Waals surface area contributed by atoms with Crippen LogP contribution in [0.25, 0.3) is 5.57 Å². The number of benzene rings is 3. The molecule has 1 heterocycles. The second-order valence-electron chi connectivity index (χ2n) is 7.50. The minimum absolute atomic E-state index is 0.157. The van der Waals surface area contributed by atoms with Crippen molar-refractivity contribution in [1.29, 1.82) is 0 Å². The van der Waals surface area contributed by atoms with E-state index in [0.29, 0.717) is 23.6 Å². The van der Waals surface area contributed by atoms with E-state index in [1.807, 2.05) is 39.0 Å². The highest BCUT2D eigenvalue weighted by molar-refractivity contribution is 6.46. The van der Waals surface area contributed by atoms with E-state index in [1.54, 1.807) is 24.3 Å². The summed E-state index contributed by atoms with van der Waals surface area (Å²) < 4.78 is 19.0. The third kappa shape index (κ3) is 3.87. The molecule has 32 heavy (non-hydrogen) atoms. The predicted molar refractivity (Wildman–Crippen MR) is 123 cm³/mol. The van der Waals surface area contributed by atoms with Gasteiger partial charge in [0, 0.05) is 5.69 Å². The van der Waals surface area contributed by atoms with E-state index in [0.717, 1.165) is 21.7 Å². The zero-order valence-electron chi connectivity index (χ0n) is 18.1. The van der Waals surface area contributed by atoms with Crippen molar-refractivity contribution in [2.45, 2.75) is 20.8 Å². The molecule has 0 radical (unpaired) electrons. The third-order valence-electron chi connectivity index (χ3n) is 5.49. The van der Waals surface area contributed by atoms with Crippen molar-refractivity contribution in [1.82, 2.24) is 0 Å². The zero-order chi connectivity index (χ0) is 22.8. The molecule has 3 aromatic carbocycles. The number of halogens is 1. The number of rotatable bonds is 6. The number of nitrogens with zero attached hydrogens (tertiary/aromatic N) is 1. The predicted octanol–water partition coefficient (Wildman–Crippen LogP) is 5.24. The quantitative estimate of drug-likeness (QED) is 0.544. The summed E-state index contributed by atoms with van der Waals surface area (Å²) in [4.78, 5) is 28.0. The fourth-order valence-corrected chi connectivity index (χ4v) is 3.64. The van der Waals surface area contributed by atoms with Crippen molar-refractivity contribution < 1.29 is 18.7 Å². The maximum absolute atomic E-state index is 13.5. The Hall–Kier alpha value is -3.93. The molecular weight excluding hydrogens is 407 g/mol. The van der Waals surface area contributed by atoms with Gasteiger partial charge in [-0.05, 0) is 79.9 Å². The van der Waals surface area contributed by atoms with Crippen molar-refractivity contribution in [2.75, 3.05) is 16.8 Å². The molecule has 0 aromatic heterocycles. The van der Waals surface area contributed by atoms with Crippen LogP contribution in [0.1, 0.15) is 23.6 Å². The van der Waals surface area contributed by atoms with Gasteiger partial charge in [-0.1, -0.05) is 24.3 Å². The Morgan fingerprint density at radius 3 is 2.25 bits per heavy atom. The van der Waals surface area contributed by atoms with Gasteiger partial charge in [-0.25, -0.2) is 9.29 Å². The molecule has 0 aliphatic carbocycles. The highest BCUT2D eigenvalue weighted by Gasteiger charge is 2.40. The van der Waals surface area contributed by atoms with E-state index in [1.165, 1.54) is 24.3 Å². The lowest BCUT2D eigenvalue weighted by Crippen LogP contribution is -2.32. The molecule has 3 aromatic rings. The summed E-state index contributed by atoms with van der Waals surface area (Å²) in [5.41, 5.74) is 4.01. The number of ether oxygens (including phenoxy) is 1. The molecule has 1 aliphatic rings. The largest absolute Gasteiger partial charge is 0.494 e. The van der Waals surface area contributed by atoms with Gasteiger partial charge >= 0.3 is 0 Å². The molecule has 0 saturated carbocycles. The minimum atomic E-state index is -0.474. The Kier molecular flexibility index (Phi) is 5.77. The number of hydrogen-bond donors (Lipinski definition) is 1. The molecule has 0 spiro atoms. The summed E-state index contributed by atoms with van der Waals surface area (Å²) >= 11 is 0. The maximum atomic E-state index is 13.5. The van der Waals surface area contributed by atoms with Crippen molar-refractivity contribution in [3.05, 3.63) is 94.9 Å². The molecule has 0 fully saturated rings. The van der Waals surface area contributed by atoms with Gasteiger partial charge in [0.2, 0.25) is 0 Å². The van der Waals surface area contributed by atoms with Crippen LogP contribution in [0.3, 0.4) is 0 Å². The molecule has 2 amide bonds. The minimum Gasteiger partial charge on any atom is -0.494 e. The summed E-state index contributed by atoms with van der Waals surface area (Å²) in [6.45, 7) is 6.32. The fourth-order valence-electron chi connectivity index (χ4n) is 3.64. The third-order valence-corrected chi connectivity index (χ3v) is 5.49. The number of amides is 2. The molecule has 1 aliphatic heterocycles. The van der Waals surface area contributed by atoms with Gasteiger partial charge < -0.3 is 10.1 Å². The Morgan fingerprint density at radius 1 is 0.906 bits per heavy atom. The first kappa shape index (κ1) is 21.3. The lowest BCUT2D eigenvalue weighted by molar-refractivity contribution is -0.120. The van der Waals surface area contributed by atoms with Crippen molar-refractivity contribution in [3.63, 3.8) is 0 Å². The number of carbonyl (C=O) groups is 2. The van der Waals surface area contributed by atoms with Crippen LogP contribution in [0.5, 0.6) is 5.75 Å². The first-order chi connectivity index (χ1) is 15.4. The van der Waals surface area contributed by atoms with Gasteiger partial charge in [0.1, 0.15) is 17.3 Å². The van der Waals surface area contributed by atoms with Gasteiger partial charge in [-0.2, -0.15) is 0 Å². The van der Waals surface area contributed by atoms with Crippen LogP contribution in [0.4, 0.5) is 15.8 Å². The maximum Gasteiger partial charge on any atom is 0.282 e. The summed E-state index contributed by atoms with van der Waals surface area (Å²) in [6, 6.07) is 18.0. The number of carbonyl (C=O) groups excluding carboxylic acids is 2. The molecule has 1 N–H and O–H groups in total. The Bertz CT molecular complexity index is 1210. The number of aryl methyl sites for hydroxylation is 1. The highest BCUT2D eigenvalue weighted by Crippen LogP contribution is 2.35. The van der Waals surface area contributed by atoms with Gasteiger partial charge in [0.05, 0.1) is 17.9 Å². The second-order valence-corrected chi connectivity index (χ2v) is 7.50. The first-order valence-corrected chi connectivity index (χ1v) is 10.4. The van der Waals surface area contributed by atoms with Crippen molar-refractivity contribution in [3.8, 4) is 5.75 Å². The molecular formula is C26H23FN2O3. The van der Waals surface area contributed by atoms with Crippen LogP contribution in [0, 0.1) is 19.7 Å². The van der Waals surface area contributed by atoms with Crippen molar-refractivity contribution >= 4 is 28.8 Å². The summed E-state index contributed by atoms with van der Waals surface area (Å²) in [6.07, 6.45) is 0. The molecule has 0 bridgehead atoms. The fraction of sp³-hybridized carbons (Fsp3) is 0.154. The van der Waals surface area contributed by atoms with Crippen LogP contribution in [-0.4, -0.2) is 18.4 Å². The monoisotopic (exact) mass is 430 g/mol. The number of imide groups is 1. The van der Waals surface area contributed by atoms with Crippen LogP contribution in [-0.2, 0) is 9.59 Å². The first-order valence-electron chi connectivity index (χ1n) is 10.4. The SMILES string of the molecule is CCOc1ccc(N2C(=O)C(Nc3cccc(C)c3C)=C(c3ccc(F)cc3)C2=O)cc1. The smallest absolute Gasteiger partial charge is 0.282 e. The van der Waals surface area contributed by atoms with Gasteiger partial charge in [-0.15, -0.1) is 0 Å². The van der Waals surface area contributed by atoms with Crippen LogP contribution in [0.15, 0.2) is 72.4 Å². The number of hydrogen-bond acceptors (Lipinski definition) is 4. The molecule has 0 saturated heterocycles. The average molecular weight is 430 g/mol. The van der Waals surface area contributed by atoms with Crippen LogP contribution < -0.4 is 15.0 Å². The van der Waals surface area contributed by atoms with Crippen LogP contribution in [0.2, 0.25) is 0 Å². The summed E-state index contributed by atoms with van der Waals surface area (Å²) in [5.74, 6) is -0.715. The van der Waals surface area contributed by atoms with Gasteiger partial charge in [0.25, 0.3) is 11.8 Å². The normalized spacial score (nSPS) is 13.7. The Labute approximate surface area is 186 Å². The summed E-state index contributed by atoms with van der Waals surface area (Å²) in [7, 11) is 0. The lowest BCUT2D eigenvalue weighted by atomic mass is 10.0.